The molecule has 0 unspecified atom stereocenters. The van der Waals surface area contributed by atoms with Crippen LogP contribution in [0.15, 0.2) is 53.0 Å². The summed E-state index contributed by atoms with van der Waals surface area (Å²) in [5, 5.41) is 3.35. The van der Waals surface area contributed by atoms with Crippen molar-refractivity contribution in [2.24, 2.45) is 0 Å². The quantitative estimate of drug-likeness (QED) is 0.752. The predicted molar refractivity (Wildman–Crippen MR) is 90.1 cm³/mol. The summed E-state index contributed by atoms with van der Waals surface area (Å²) >= 11 is 3.16. The lowest BCUT2D eigenvalue weighted by molar-refractivity contribution is 0.610. The Kier molecular flexibility index (Phi) is 6.21. The van der Waals surface area contributed by atoms with E-state index in [1.165, 1.54) is 5.69 Å². The Morgan fingerprint density at radius 1 is 1.14 bits per heavy atom. The van der Waals surface area contributed by atoms with Crippen molar-refractivity contribution in [3.63, 3.8) is 0 Å². The summed E-state index contributed by atoms with van der Waals surface area (Å²) in [7, 11) is 2.10. The minimum Gasteiger partial charge on any atom is -0.375 e. The molecule has 2 aromatic rings. The third-order valence-electron chi connectivity index (χ3n) is 3.36. The standard InChI is InChI=1S/C17H20BrFN2/c1-21(15-6-3-2-4-7-15)11-5-10-20-13-14-8-9-16(18)17(19)12-14/h2-4,6-9,12,20H,5,10-11,13H2,1H3. The van der Waals surface area contributed by atoms with Crippen molar-refractivity contribution in [3.8, 4) is 0 Å². The van der Waals surface area contributed by atoms with Gasteiger partial charge in [0.05, 0.1) is 4.47 Å². The first-order valence-corrected chi connectivity index (χ1v) is 7.87. The number of nitrogens with zero attached hydrogens (tertiary/aromatic N) is 1. The van der Waals surface area contributed by atoms with Crippen LogP contribution in [0.5, 0.6) is 0 Å². The Labute approximate surface area is 134 Å². The van der Waals surface area contributed by atoms with Crippen molar-refractivity contribution in [2.45, 2.75) is 13.0 Å². The Hall–Kier alpha value is -1.39. The third kappa shape index (κ3) is 5.14. The van der Waals surface area contributed by atoms with E-state index in [2.05, 4.69) is 45.3 Å². The number of hydrogen-bond donors (Lipinski definition) is 1. The molecule has 0 radical (unpaired) electrons. The molecule has 0 aromatic heterocycles. The van der Waals surface area contributed by atoms with Gasteiger partial charge in [-0.1, -0.05) is 24.3 Å². The molecule has 0 heterocycles. The maximum atomic E-state index is 13.4. The molecule has 0 aliphatic rings. The molecule has 0 atom stereocenters. The van der Waals surface area contributed by atoms with Crippen molar-refractivity contribution >= 4 is 21.6 Å². The lowest BCUT2D eigenvalue weighted by Crippen LogP contribution is -2.23. The van der Waals surface area contributed by atoms with Crippen LogP contribution in [-0.2, 0) is 6.54 Å². The summed E-state index contributed by atoms with van der Waals surface area (Å²) in [5.41, 5.74) is 2.19. The molecule has 21 heavy (non-hydrogen) atoms. The Balaban J connectivity index is 1.67. The highest BCUT2D eigenvalue weighted by atomic mass is 79.9. The minimum atomic E-state index is -0.210. The van der Waals surface area contributed by atoms with Gasteiger partial charge in [0.2, 0.25) is 0 Å². The molecule has 0 saturated carbocycles. The topological polar surface area (TPSA) is 15.3 Å². The van der Waals surface area contributed by atoms with Crippen LogP contribution in [-0.4, -0.2) is 20.1 Å². The predicted octanol–water partition coefficient (Wildman–Crippen LogP) is 4.20. The van der Waals surface area contributed by atoms with E-state index in [4.69, 9.17) is 0 Å². The maximum absolute atomic E-state index is 13.4. The Bertz CT molecular complexity index is 560. The van der Waals surface area contributed by atoms with E-state index in [1.807, 2.05) is 24.3 Å². The zero-order valence-corrected chi connectivity index (χ0v) is 13.7. The van der Waals surface area contributed by atoms with E-state index >= 15 is 0 Å². The second kappa shape index (κ2) is 8.15. The zero-order chi connectivity index (χ0) is 15.1. The number of para-hydroxylation sites is 1. The van der Waals surface area contributed by atoms with Gasteiger partial charge in [0, 0.05) is 25.8 Å². The number of benzene rings is 2. The smallest absolute Gasteiger partial charge is 0.137 e. The van der Waals surface area contributed by atoms with Crippen LogP contribution >= 0.6 is 15.9 Å². The summed E-state index contributed by atoms with van der Waals surface area (Å²) < 4.78 is 13.9. The number of nitrogens with one attached hydrogen (secondary N) is 1. The van der Waals surface area contributed by atoms with E-state index in [0.29, 0.717) is 11.0 Å². The largest absolute Gasteiger partial charge is 0.375 e. The highest BCUT2D eigenvalue weighted by Gasteiger charge is 2.01. The average Bonchev–Trinajstić information content (AvgIpc) is 2.51. The molecule has 2 nitrogen and oxygen atoms in total. The van der Waals surface area contributed by atoms with Crippen LogP contribution in [0.25, 0.3) is 0 Å². The zero-order valence-electron chi connectivity index (χ0n) is 12.2. The van der Waals surface area contributed by atoms with Gasteiger partial charge >= 0.3 is 0 Å². The third-order valence-corrected chi connectivity index (χ3v) is 4.00. The lowest BCUT2D eigenvalue weighted by Gasteiger charge is -2.19. The molecular weight excluding hydrogens is 331 g/mol. The molecule has 0 aliphatic heterocycles. The monoisotopic (exact) mass is 350 g/mol. The van der Waals surface area contributed by atoms with Gasteiger partial charge in [-0.15, -0.1) is 0 Å². The second-order valence-electron chi connectivity index (χ2n) is 5.04. The molecule has 0 aliphatic carbocycles. The Morgan fingerprint density at radius 2 is 1.90 bits per heavy atom. The van der Waals surface area contributed by atoms with Crippen molar-refractivity contribution in [1.29, 1.82) is 0 Å². The maximum Gasteiger partial charge on any atom is 0.137 e. The highest BCUT2D eigenvalue weighted by Crippen LogP contribution is 2.16. The lowest BCUT2D eigenvalue weighted by atomic mass is 10.2. The summed E-state index contributed by atoms with van der Waals surface area (Å²) in [6.07, 6.45) is 1.05. The minimum absolute atomic E-state index is 0.210. The molecule has 0 amide bonds. The van der Waals surface area contributed by atoms with E-state index in [0.717, 1.165) is 25.1 Å². The van der Waals surface area contributed by atoms with Crippen molar-refractivity contribution in [3.05, 3.63) is 64.4 Å². The van der Waals surface area contributed by atoms with E-state index in [-0.39, 0.29) is 5.82 Å². The van der Waals surface area contributed by atoms with Crippen molar-refractivity contribution in [1.82, 2.24) is 5.32 Å². The van der Waals surface area contributed by atoms with Gasteiger partial charge in [-0.3, -0.25) is 0 Å². The van der Waals surface area contributed by atoms with Crippen LogP contribution in [0.2, 0.25) is 0 Å². The summed E-state index contributed by atoms with van der Waals surface area (Å²) in [4.78, 5) is 2.24. The SMILES string of the molecule is CN(CCCNCc1ccc(Br)c(F)c1)c1ccccc1. The fraction of sp³-hybridized carbons (Fsp3) is 0.294. The molecule has 0 saturated heterocycles. The van der Waals surface area contributed by atoms with E-state index in [9.17, 15) is 4.39 Å². The number of hydrogen-bond acceptors (Lipinski definition) is 2. The van der Waals surface area contributed by atoms with Crippen LogP contribution in [0.1, 0.15) is 12.0 Å². The van der Waals surface area contributed by atoms with Gasteiger partial charge in [-0.05, 0) is 58.7 Å². The molecule has 0 spiro atoms. The van der Waals surface area contributed by atoms with Gasteiger partial charge in [-0.25, -0.2) is 4.39 Å². The van der Waals surface area contributed by atoms with E-state index in [1.54, 1.807) is 12.1 Å². The first-order chi connectivity index (χ1) is 10.2. The molecule has 4 heteroatoms. The number of rotatable bonds is 7. The second-order valence-corrected chi connectivity index (χ2v) is 5.89. The van der Waals surface area contributed by atoms with Gasteiger partial charge in [0.25, 0.3) is 0 Å². The number of anilines is 1. The fourth-order valence-corrected chi connectivity index (χ4v) is 2.38. The van der Waals surface area contributed by atoms with Gasteiger partial charge in [0.1, 0.15) is 5.82 Å². The molecule has 0 fully saturated rings. The first kappa shape index (κ1) is 16.0. The van der Waals surface area contributed by atoms with E-state index < -0.39 is 0 Å². The normalized spacial score (nSPS) is 10.6. The van der Waals surface area contributed by atoms with Crippen LogP contribution in [0.3, 0.4) is 0 Å². The molecule has 112 valence electrons. The molecule has 2 rings (SSSR count). The van der Waals surface area contributed by atoms with Crippen molar-refractivity contribution in [2.75, 3.05) is 25.0 Å². The first-order valence-electron chi connectivity index (χ1n) is 7.07. The molecule has 0 bridgehead atoms. The highest BCUT2D eigenvalue weighted by molar-refractivity contribution is 9.10. The summed E-state index contributed by atoms with van der Waals surface area (Å²) in [6, 6.07) is 15.6. The van der Waals surface area contributed by atoms with Crippen molar-refractivity contribution < 1.29 is 4.39 Å². The van der Waals surface area contributed by atoms with Gasteiger partial charge in [-0.2, -0.15) is 0 Å². The van der Waals surface area contributed by atoms with Gasteiger partial charge in [0.15, 0.2) is 0 Å². The van der Waals surface area contributed by atoms with Gasteiger partial charge < -0.3 is 10.2 Å². The summed E-state index contributed by atoms with van der Waals surface area (Å²) in [6.45, 7) is 2.60. The van der Waals surface area contributed by atoms with Crippen LogP contribution in [0.4, 0.5) is 10.1 Å². The fourth-order valence-electron chi connectivity index (χ4n) is 2.14. The molecule has 1 N–H and O–H groups in total. The van der Waals surface area contributed by atoms with Crippen LogP contribution < -0.4 is 10.2 Å². The molecule has 2 aromatic carbocycles. The Morgan fingerprint density at radius 3 is 2.62 bits per heavy atom. The molecular formula is C17H20BrFN2. The van der Waals surface area contributed by atoms with Crippen LogP contribution in [0, 0.1) is 5.82 Å². The number of halogens is 2. The summed E-state index contributed by atoms with van der Waals surface area (Å²) in [5.74, 6) is -0.210. The average molecular weight is 351 g/mol.